The molecule has 1 aliphatic rings. The largest absolute Gasteiger partial charge is 0.399 e. The first-order valence-corrected chi connectivity index (χ1v) is 6.00. The van der Waals surface area contributed by atoms with Crippen molar-refractivity contribution in [2.45, 2.75) is 24.8 Å². The van der Waals surface area contributed by atoms with Crippen molar-refractivity contribution in [1.82, 2.24) is 4.90 Å². The van der Waals surface area contributed by atoms with E-state index in [9.17, 15) is 4.39 Å². The van der Waals surface area contributed by atoms with E-state index in [-0.39, 0.29) is 11.4 Å². The monoisotopic (exact) mass is 237 g/mol. The maximum absolute atomic E-state index is 13.6. The molecular weight excluding hydrogens is 217 g/mol. The highest BCUT2D eigenvalue weighted by molar-refractivity contribution is 5.52. The number of nitrogens with zero attached hydrogens (tertiary/aromatic N) is 1. The maximum atomic E-state index is 13.6. The SMILES string of the molecule is CN(C)C1(CNc2ccc(N)cc2F)CCC1. The molecule has 1 fully saturated rings. The summed E-state index contributed by atoms with van der Waals surface area (Å²) >= 11 is 0. The number of hydrogen-bond acceptors (Lipinski definition) is 3. The molecule has 0 heterocycles. The fourth-order valence-electron chi connectivity index (χ4n) is 2.30. The zero-order chi connectivity index (χ0) is 12.5. The molecule has 0 aromatic heterocycles. The number of rotatable bonds is 4. The highest BCUT2D eigenvalue weighted by atomic mass is 19.1. The minimum Gasteiger partial charge on any atom is -0.399 e. The fraction of sp³-hybridized carbons (Fsp3) is 0.538. The Balaban J connectivity index is 2.02. The molecule has 94 valence electrons. The minimum atomic E-state index is -0.279. The number of nitrogen functional groups attached to an aromatic ring is 1. The highest BCUT2D eigenvalue weighted by Crippen LogP contribution is 2.36. The van der Waals surface area contributed by atoms with E-state index in [1.807, 2.05) is 0 Å². The lowest BCUT2D eigenvalue weighted by molar-refractivity contribution is 0.0738. The molecule has 3 N–H and O–H groups in total. The quantitative estimate of drug-likeness (QED) is 0.790. The first-order chi connectivity index (χ1) is 8.03. The summed E-state index contributed by atoms with van der Waals surface area (Å²) in [5.41, 5.74) is 6.70. The van der Waals surface area contributed by atoms with Crippen molar-refractivity contribution in [3.8, 4) is 0 Å². The van der Waals surface area contributed by atoms with Crippen LogP contribution >= 0.6 is 0 Å². The third-order valence-electron chi connectivity index (χ3n) is 3.83. The Bertz CT molecular complexity index is 400. The number of nitrogens with one attached hydrogen (secondary N) is 1. The van der Waals surface area contributed by atoms with Crippen LogP contribution in [0.5, 0.6) is 0 Å². The van der Waals surface area contributed by atoms with Crippen LogP contribution in [0, 0.1) is 5.82 Å². The average Bonchev–Trinajstić information content (AvgIpc) is 2.18. The van der Waals surface area contributed by atoms with Crippen LogP contribution in [0.4, 0.5) is 15.8 Å². The van der Waals surface area contributed by atoms with E-state index in [4.69, 9.17) is 5.73 Å². The van der Waals surface area contributed by atoms with Gasteiger partial charge in [0.05, 0.1) is 5.69 Å². The van der Waals surface area contributed by atoms with Gasteiger partial charge < -0.3 is 16.0 Å². The summed E-state index contributed by atoms with van der Waals surface area (Å²) in [6.07, 6.45) is 3.59. The van der Waals surface area contributed by atoms with Crippen LogP contribution < -0.4 is 11.1 Å². The van der Waals surface area contributed by atoms with Gasteiger partial charge in [0, 0.05) is 17.8 Å². The molecule has 17 heavy (non-hydrogen) atoms. The van der Waals surface area contributed by atoms with Crippen molar-refractivity contribution in [1.29, 1.82) is 0 Å². The predicted molar refractivity (Wildman–Crippen MR) is 69.6 cm³/mol. The molecule has 0 spiro atoms. The van der Waals surface area contributed by atoms with Crippen molar-refractivity contribution in [2.24, 2.45) is 0 Å². The second-order valence-corrected chi connectivity index (χ2v) is 5.07. The van der Waals surface area contributed by atoms with E-state index >= 15 is 0 Å². The molecule has 0 saturated heterocycles. The molecular formula is C13H20FN3. The smallest absolute Gasteiger partial charge is 0.148 e. The second kappa shape index (κ2) is 4.53. The third kappa shape index (κ3) is 2.36. The van der Waals surface area contributed by atoms with Crippen LogP contribution in [0.25, 0.3) is 0 Å². The van der Waals surface area contributed by atoms with Crippen LogP contribution in [-0.4, -0.2) is 31.1 Å². The summed E-state index contributed by atoms with van der Waals surface area (Å²) < 4.78 is 13.6. The number of hydrogen-bond donors (Lipinski definition) is 2. The van der Waals surface area contributed by atoms with Gasteiger partial charge in [-0.25, -0.2) is 4.39 Å². The van der Waals surface area contributed by atoms with Crippen molar-refractivity contribution in [3.63, 3.8) is 0 Å². The Morgan fingerprint density at radius 2 is 2.12 bits per heavy atom. The Labute approximate surface area is 102 Å². The Morgan fingerprint density at radius 1 is 1.41 bits per heavy atom. The van der Waals surface area contributed by atoms with Crippen molar-refractivity contribution in [2.75, 3.05) is 31.7 Å². The highest BCUT2D eigenvalue weighted by Gasteiger charge is 2.38. The van der Waals surface area contributed by atoms with Gasteiger partial charge in [0.2, 0.25) is 0 Å². The van der Waals surface area contributed by atoms with E-state index < -0.39 is 0 Å². The van der Waals surface area contributed by atoms with E-state index in [0.29, 0.717) is 11.4 Å². The summed E-state index contributed by atoms with van der Waals surface area (Å²) in [4.78, 5) is 2.23. The van der Waals surface area contributed by atoms with Crippen LogP contribution in [0.3, 0.4) is 0 Å². The van der Waals surface area contributed by atoms with Gasteiger partial charge in [-0.1, -0.05) is 0 Å². The molecule has 1 aromatic carbocycles. The summed E-state index contributed by atoms with van der Waals surface area (Å²) in [7, 11) is 4.17. The zero-order valence-corrected chi connectivity index (χ0v) is 10.5. The molecule has 2 rings (SSSR count). The number of halogens is 1. The van der Waals surface area contributed by atoms with Gasteiger partial charge in [0.15, 0.2) is 0 Å². The summed E-state index contributed by atoms with van der Waals surface area (Å²) in [6.45, 7) is 0.779. The molecule has 0 amide bonds. The molecule has 1 aromatic rings. The van der Waals surface area contributed by atoms with Gasteiger partial charge in [0.25, 0.3) is 0 Å². The van der Waals surface area contributed by atoms with E-state index in [2.05, 4.69) is 24.3 Å². The Hall–Kier alpha value is -1.29. The Kier molecular flexibility index (Phi) is 3.24. The van der Waals surface area contributed by atoms with Crippen LogP contribution in [0.15, 0.2) is 18.2 Å². The lowest BCUT2D eigenvalue weighted by atomic mass is 9.75. The lowest BCUT2D eigenvalue weighted by Crippen LogP contribution is -2.54. The normalized spacial score (nSPS) is 17.9. The van der Waals surface area contributed by atoms with Gasteiger partial charge >= 0.3 is 0 Å². The van der Waals surface area contributed by atoms with Gasteiger partial charge in [-0.15, -0.1) is 0 Å². The van der Waals surface area contributed by atoms with Gasteiger partial charge in [-0.2, -0.15) is 0 Å². The number of nitrogens with two attached hydrogens (primary N) is 1. The molecule has 4 heteroatoms. The molecule has 1 saturated carbocycles. The first kappa shape index (κ1) is 12.2. The lowest BCUT2D eigenvalue weighted by Gasteiger charge is -2.47. The van der Waals surface area contributed by atoms with Gasteiger partial charge in [0.1, 0.15) is 5.82 Å². The maximum Gasteiger partial charge on any atom is 0.148 e. The van der Waals surface area contributed by atoms with E-state index in [1.165, 1.54) is 25.3 Å². The van der Waals surface area contributed by atoms with Crippen molar-refractivity contribution in [3.05, 3.63) is 24.0 Å². The summed E-state index contributed by atoms with van der Waals surface area (Å²) in [6, 6.07) is 4.77. The summed E-state index contributed by atoms with van der Waals surface area (Å²) in [5, 5.41) is 3.19. The molecule has 0 aliphatic heterocycles. The fourth-order valence-corrected chi connectivity index (χ4v) is 2.30. The first-order valence-electron chi connectivity index (χ1n) is 6.00. The van der Waals surface area contributed by atoms with Crippen molar-refractivity contribution < 1.29 is 4.39 Å². The number of likely N-dealkylation sites (N-methyl/N-ethyl adjacent to an activating group) is 1. The van der Waals surface area contributed by atoms with Crippen molar-refractivity contribution >= 4 is 11.4 Å². The average molecular weight is 237 g/mol. The number of benzene rings is 1. The molecule has 0 atom stereocenters. The van der Waals surface area contributed by atoms with Crippen LogP contribution in [0.2, 0.25) is 0 Å². The van der Waals surface area contributed by atoms with Gasteiger partial charge in [-0.05, 0) is 51.6 Å². The van der Waals surface area contributed by atoms with Gasteiger partial charge in [-0.3, -0.25) is 0 Å². The van der Waals surface area contributed by atoms with E-state index in [1.54, 1.807) is 12.1 Å². The topological polar surface area (TPSA) is 41.3 Å². The number of anilines is 2. The molecule has 3 nitrogen and oxygen atoms in total. The molecule has 1 aliphatic carbocycles. The van der Waals surface area contributed by atoms with Crippen LogP contribution in [-0.2, 0) is 0 Å². The third-order valence-corrected chi connectivity index (χ3v) is 3.83. The second-order valence-electron chi connectivity index (χ2n) is 5.07. The van der Waals surface area contributed by atoms with E-state index in [0.717, 1.165) is 6.54 Å². The standard InChI is InChI=1S/C13H20FN3/c1-17(2)13(6-3-7-13)9-16-12-5-4-10(15)8-11(12)14/h4-5,8,16H,3,6-7,9,15H2,1-2H3. The molecule has 0 bridgehead atoms. The summed E-state index contributed by atoms with van der Waals surface area (Å²) in [5.74, 6) is -0.279. The zero-order valence-electron chi connectivity index (χ0n) is 10.5. The predicted octanol–water partition coefficient (Wildman–Crippen LogP) is 2.30. The van der Waals surface area contributed by atoms with Crippen LogP contribution in [0.1, 0.15) is 19.3 Å². The molecule has 0 unspecified atom stereocenters. The molecule has 0 radical (unpaired) electrons. The Morgan fingerprint density at radius 3 is 2.59 bits per heavy atom. The minimum absolute atomic E-state index is 0.188.